The normalized spacial score (nSPS) is 10.8. The van der Waals surface area contributed by atoms with E-state index in [0.29, 0.717) is 17.9 Å². The molecule has 1 amide bonds. The summed E-state index contributed by atoms with van der Waals surface area (Å²) in [5.41, 5.74) is 2.56. The van der Waals surface area contributed by atoms with Gasteiger partial charge in [-0.25, -0.2) is 4.68 Å². The van der Waals surface area contributed by atoms with Crippen molar-refractivity contribution in [3.8, 4) is 5.75 Å². The van der Waals surface area contributed by atoms with Crippen LogP contribution in [-0.2, 0) is 6.54 Å². The van der Waals surface area contributed by atoms with Gasteiger partial charge in [-0.05, 0) is 50.6 Å². The number of aryl methyl sites for hydroxylation is 1. The summed E-state index contributed by atoms with van der Waals surface area (Å²) in [7, 11) is 0. The van der Waals surface area contributed by atoms with Gasteiger partial charge in [-0.15, -0.1) is 0 Å². The van der Waals surface area contributed by atoms with Crippen LogP contribution in [0.15, 0.2) is 60.7 Å². The highest BCUT2D eigenvalue weighted by Crippen LogP contribution is 2.17. The number of ether oxygens (including phenoxy) is 1. The number of rotatable bonds is 6. The lowest BCUT2D eigenvalue weighted by Crippen LogP contribution is -2.16. The molecule has 3 aromatic rings. The Morgan fingerprint density at radius 3 is 2.46 bits per heavy atom. The van der Waals surface area contributed by atoms with E-state index in [0.717, 1.165) is 17.0 Å². The molecule has 5 heteroatoms. The smallest absolute Gasteiger partial charge is 0.256 e. The van der Waals surface area contributed by atoms with Gasteiger partial charge < -0.3 is 10.1 Å². The molecule has 0 bridgehead atoms. The van der Waals surface area contributed by atoms with Gasteiger partial charge in [0.05, 0.1) is 18.3 Å². The molecule has 0 saturated heterocycles. The Bertz CT molecular complexity index is 868. The Balaban J connectivity index is 1.73. The molecule has 0 unspecified atom stereocenters. The van der Waals surface area contributed by atoms with Crippen molar-refractivity contribution in [1.29, 1.82) is 0 Å². The first-order valence-corrected chi connectivity index (χ1v) is 8.68. The summed E-state index contributed by atoms with van der Waals surface area (Å²) in [6, 6.07) is 19.0. The molecule has 1 N–H and O–H groups in total. The molecule has 1 aromatic heterocycles. The standard InChI is InChI=1S/C21H23N3O2/c1-15(2)26-19-11-9-18(10-12-19)21(25)22-20-13-16(3)23-24(20)14-17-7-5-4-6-8-17/h4-13,15H,14H2,1-3H3,(H,22,25). The summed E-state index contributed by atoms with van der Waals surface area (Å²) in [6.45, 7) is 6.45. The minimum atomic E-state index is -0.171. The topological polar surface area (TPSA) is 56.1 Å². The van der Waals surface area contributed by atoms with Gasteiger partial charge in [-0.1, -0.05) is 30.3 Å². The summed E-state index contributed by atoms with van der Waals surface area (Å²) < 4.78 is 7.41. The van der Waals surface area contributed by atoms with Crippen LogP contribution in [-0.4, -0.2) is 21.8 Å². The fourth-order valence-corrected chi connectivity index (χ4v) is 2.67. The van der Waals surface area contributed by atoms with E-state index in [1.165, 1.54) is 0 Å². The molecule has 0 fully saturated rings. The van der Waals surface area contributed by atoms with E-state index in [1.807, 2.05) is 57.2 Å². The van der Waals surface area contributed by atoms with Crippen LogP contribution in [0.3, 0.4) is 0 Å². The van der Waals surface area contributed by atoms with Crippen LogP contribution in [0.2, 0.25) is 0 Å². The number of nitrogens with zero attached hydrogens (tertiary/aromatic N) is 2. The second kappa shape index (κ2) is 7.87. The number of anilines is 1. The molecule has 1 heterocycles. The summed E-state index contributed by atoms with van der Waals surface area (Å²) in [4.78, 5) is 12.6. The molecule has 5 nitrogen and oxygen atoms in total. The third-order valence-electron chi connectivity index (χ3n) is 3.81. The van der Waals surface area contributed by atoms with Crippen LogP contribution in [0, 0.1) is 6.92 Å². The molecule has 26 heavy (non-hydrogen) atoms. The van der Waals surface area contributed by atoms with E-state index in [9.17, 15) is 4.79 Å². The van der Waals surface area contributed by atoms with Crippen molar-refractivity contribution >= 4 is 11.7 Å². The molecule has 0 atom stereocenters. The highest BCUT2D eigenvalue weighted by atomic mass is 16.5. The van der Waals surface area contributed by atoms with Crippen molar-refractivity contribution in [3.05, 3.63) is 77.5 Å². The Morgan fingerprint density at radius 2 is 1.81 bits per heavy atom. The number of carbonyl (C=O) groups excluding carboxylic acids is 1. The minimum absolute atomic E-state index is 0.102. The maximum absolute atomic E-state index is 12.6. The number of benzene rings is 2. The van der Waals surface area contributed by atoms with Gasteiger partial charge in [0.2, 0.25) is 0 Å². The van der Waals surface area contributed by atoms with Crippen molar-refractivity contribution in [2.24, 2.45) is 0 Å². The first-order chi connectivity index (χ1) is 12.5. The predicted octanol–water partition coefficient (Wildman–Crippen LogP) is 4.28. The number of carbonyl (C=O) groups is 1. The molecule has 0 aliphatic rings. The van der Waals surface area contributed by atoms with E-state index < -0.39 is 0 Å². The Morgan fingerprint density at radius 1 is 1.12 bits per heavy atom. The zero-order valence-electron chi connectivity index (χ0n) is 15.3. The third-order valence-corrected chi connectivity index (χ3v) is 3.81. The van der Waals surface area contributed by atoms with E-state index in [2.05, 4.69) is 10.4 Å². The predicted molar refractivity (Wildman–Crippen MR) is 103 cm³/mol. The SMILES string of the molecule is Cc1cc(NC(=O)c2ccc(OC(C)C)cc2)n(Cc2ccccc2)n1. The fourth-order valence-electron chi connectivity index (χ4n) is 2.67. The number of hydrogen-bond donors (Lipinski definition) is 1. The van der Waals surface area contributed by atoms with Gasteiger partial charge in [0.1, 0.15) is 11.6 Å². The van der Waals surface area contributed by atoms with Crippen molar-refractivity contribution < 1.29 is 9.53 Å². The molecule has 0 saturated carbocycles. The Hall–Kier alpha value is -3.08. The van der Waals surface area contributed by atoms with Crippen molar-refractivity contribution in [3.63, 3.8) is 0 Å². The lowest BCUT2D eigenvalue weighted by molar-refractivity contribution is 0.102. The molecule has 2 aromatic carbocycles. The van der Waals surface area contributed by atoms with Crippen LogP contribution < -0.4 is 10.1 Å². The zero-order valence-corrected chi connectivity index (χ0v) is 15.3. The summed E-state index contributed by atoms with van der Waals surface area (Å²) >= 11 is 0. The Kier molecular flexibility index (Phi) is 5.37. The van der Waals surface area contributed by atoms with Gasteiger partial charge >= 0.3 is 0 Å². The van der Waals surface area contributed by atoms with E-state index in [1.54, 1.807) is 28.9 Å². The van der Waals surface area contributed by atoms with Crippen molar-refractivity contribution in [2.75, 3.05) is 5.32 Å². The molecular formula is C21H23N3O2. The maximum atomic E-state index is 12.6. The fraction of sp³-hybridized carbons (Fsp3) is 0.238. The lowest BCUT2D eigenvalue weighted by atomic mass is 10.2. The maximum Gasteiger partial charge on any atom is 0.256 e. The van der Waals surface area contributed by atoms with Crippen LogP contribution in [0.1, 0.15) is 35.5 Å². The van der Waals surface area contributed by atoms with E-state index in [-0.39, 0.29) is 12.0 Å². The lowest BCUT2D eigenvalue weighted by Gasteiger charge is -2.11. The van der Waals surface area contributed by atoms with Gasteiger partial charge in [0.15, 0.2) is 0 Å². The van der Waals surface area contributed by atoms with Gasteiger partial charge in [-0.2, -0.15) is 5.10 Å². The first kappa shape index (κ1) is 17.7. The molecule has 0 radical (unpaired) electrons. The van der Waals surface area contributed by atoms with Crippen LogP contribution >= 0.6 is 0 Å². The minimum Gasteiger partial charge on any atom is -0.491 e. The van der Waals surface area contributed by atoms with Gasteiger partial charge in [0.25, 0.3) is 5.91 Å². The summed E-state index contributed by atoms with van der Waals surface area (Å²) in [5, 5.41) is 7.43. The first-order valence-electron chi connectivity index (χ1n) is 8.68. The quantitative estimate of drug-likeness (QED) is 0.723. The highest BCUT2D eigenvalue weighted by Gasteiger charge is 2.12. The number of aromatic nitrogens is 2. The molecule has 0 aliphatic carbocycles. The van der Waals surface area contributed by atoms with E-state index in [4.69, 9.17) is 4.74 Å². The van der Waals surface area contributed by atoms with Crippen molar-refractivity contribution in [2.45, 2.75) is 33.4 Å². The summed E-state index contributed by atoms with van der Waals surface area (Å²) in [5.74, 6) is 1.26. The third kappa shape index (κ3) is 4.51. The number of hydrogen-bond acceptors (Lipinski definition) is 3. The average Bonchev–Trinajstić information content (AvgIpc) is 2.95. The molecule has 134 valence electrons. The molecule has 0 spiro atoms. The zero-order chi connectivity index (χ0) is 18.5. The molecule has 3 rings (SSSR count). The number of amides is 1. The average molecular weight is 349 g/mol. The highest BCUT2D eigenvalue weighted by molar-refractivity contribution is 6.03. The second-order valence-electron chi connectivity index (χ2n) is 6.46. The Labute approximate surface area is 153 Å². The van der Waals surface area contributed by atoms with Crippen LogP contribution in [0.5, 0.6) is 5.75 Å². The largest absolute Gasteiger partial charge is 0.491 e. The summed E-state index contributed by atoms with van der Waals surface area (Å²) in [6.07, 6.45) is 0.102. The van der Waals surface area contributed by atoms with Crippen LogP contribution in [0.4, 0.5) is 5.82 Å². The van der Waals surface area contributed by atoms with E-state index >= 15 is 0 Å². The van der Waals surface area contributed by atoms with Crippen molar-refractivity contribution in [1.82, 2.24) is 9.78 Å². The number of nitrogens with one attached hydrogen (secondary N) is 1. The molecule has 0 aliphatic heterocycles. The van der Waals surface area contributed by atoms with Gasteiger partial charge in [0, 0.05) is 11.6 Å². The van der Waals surface area contributed by atoms with Crippen LogP contribution in [0.25, 0.3) is 0 Å². The monoisotopic (exact) mass is 349 g/mol. The molecular weight excluding hydrogens is 326 g/mol. The van der Waals surface area contributed by atoms with Gasteiger partial charge in [-0.3, -0.25) is 4.79 Å². The second-order valence-corrected chi connectivity index (χ2v) is 6.46.